The predicted octanol–water partition coefficient (Wildman–Crippen LogP) is 2.15. The van der Waals surface area contributed by atoms with Crippen LogP contribution in [0.4, 0.5) is 4.39 Å². The Labute approximate surface area is 119 Å². The molecule has 0 atom stereocenters. The fourth-order valence-corrected chi connectivity index (χ4v) is 3.59. The summed E-state index contributed by atoms with van der Waals surface area (Å²) in [6.45, 7) is 5.70. The van der Waals surface area contributed by atoms with Gasteiger partial charge in [-0.05, 0) is 51.3 Å². The van der Waals surface area contributed by atoms with Crippen LogP contribution in [0, 0.1) is 5.82 Å². The second-order valence-electron chi connectivity index (χ2n) is 6.26. The Bertz CT molecular complexity index is 590. The maximum Gasteiger partial charge on any atom is 0.241 e. The van der Waals surface area contributed by atoms with Crippen molar-refractivity contribution >= 4 is 10.0 Å². The molecule has 6 heteroatoms. The summed E-state index contributed by atoms with van der Waals surface area (Å²) in [4.78, 5) is 0.0144. The van der Waals surface area contributed by atoms with Gasteiger partial charge in [0.1, 0.15) is 5.82 Å². The summed E-state index contributed by atoms with van der Waals surface area (Å²) in [5, 5.41) is 3.25. The average Bonchev–Trinajstić information content (AvgIpc) is 3.08. The summed E-state index contributed by atoms with van der Waals surface area (Å²) in [7, 11) is -3.73. The Morgan fingerprint density at radius 3 is 2.50 bits per heavy atom. The molecule has 1 fully saturated rings. The highest BCUT2D eigenvalue weighted by molar-refractivity contribution is 7.89. The van der Waals surface area contributed by atoms with E-state index >= 15 is 0 Å². The van der Waals surface area contributed by atoms with Crippen molar-refractivity contribution in [2.75, 3.05) is 0 Å². The Hall–Kier alpha value is -0.980. The normalized spacial score (nSPS) is 16.4. The molecule has 1 aliphatic rings. The van der Waals surface area contributed by atoms with Gasteiger partial charge in [-0.15, -0.1) is 0 Å². The summed E-state index contributed by atoms with van der Waals surface area (Å²) in [5.41, 5.74) is -0.0122. The van der Waals surface area contributed by atoms with Crippen LogP contribution >= 0.6 is 0 Å². The highest BCUT2D eigenvalue weighted by Gasteiger charge is 2.26. The molecule has 0 radical (unpaired) electrons. The summed E-state index contributed by atoms with van der Waals surface area (Å²) in [6.07, 6.45) is 2.23. The molecule has 0 spiro atoms. The molecule has 0 amide bonds. The van der Waals surface area contributed by atoms with Crippen LogP contribution in [0.1, 0.15) is 39.2 Å². The number of benzene rings is 1. The maximum atomic E-state index is 13.4. The zero-order valence-electron chi connectivity index (χ0n) is 12.0. The second kappa shape index (κ2) is 5.42. The Morgan fingerprint density at radius 1 is 1.30 bits per heavy atom. The van der Waals surface area contributed by atoms with Crippen molar-refractivity contribution in [1.82, 2.24) is 10.0 Å². The number of rotatable bonds is 5. The van der Waals surface area contributed by atoms with Crippen molar-refractivity contribution in [3.63, 3.8) is 0 Å². The monoisotopic (exact) mass is 300 g/mol. The number of nitrogens with one attached hydrogen (secondary N) is 2. The minimum absolute atomic E-state index is 0.0144. The lowest BCUT2D eigenvalue weighted by molar-refractivity contribution is 0.489. The van der Waals surface area contributed by atoms with E-state index in [1.165, 1.54) is 12.1 Å². The molecule has 0 heterocycles. The fourth-order valence-electron chi connectivity index (χ4n) is 1.92. The number of halogens is 1. The van der Waals surface area contributed by atoms with Gasteiger partial charge >= 0.3 is 0 Å². The molecule has 1 aromatic carbocycles. The molecule has 2 N–H and O–H groups in total. The van der Waals surface area contributed by atoms with E-state index in [4.69, 9.17) is 0 Å². The van der Waals surface area contributed by atoms with Crippen LogP contribution in [0.15, 0.2) is 23.1 Å². The van der Waals surface area contributed by atoms with Crippen LogP contribution in [-0.2, 0) is 16.6 Å². The first-order valence-corrected chi connectivity index (χ1v) is 8.21. The number of hydrogen-bond donors (Lipinski definition) is 2. The van der Waals surface area contributed by atoms with Gasteiger partial charge in [0.05, 0.1) is 4.90 Å². The quantitative estimate of drug-likeness (QED) is 0.876. The van der Waals surface area contributed by atoms with Crippen molar-refractivity contribution in [2.45, 2.75) is 56.6 Å². The van der Waals surface area contributed by atoms with Crippen molar-refractivity contribution in [1.29, 1.82) is 0 Å². The highest BCUT2D eigenvalue weighted by Crippen LogP contribution is 2.23. The first-order chi connectivity index (χ1) is 9.17. The SMILES string of the molecule is CC(C)(C)NS(=O)(=O)c1cc(F)ccc1CNC1CC1. The van der Waals surface area contributed by atoms with E-state index in [0.717, 1.165) is 18.9 Å². The lowest BCUT2D eigenvalue weighted by Crippen LogP contribution is -2.41. The predicted molar refractivity (Wildman–Crippen MR) is 76.3 cm³/mol. The van der Waals surface area contributed by atoms with E-state index in [1.807, 2.05) is 0 Å². The fraction of sp³-hybridized carbons (Fsp3) is 0.571. The zero-order valence-corrected chi connectivity index (χ0v) is 12.8. The Balaban J connectivity index is 2.29. The van der Waals surface area contributed by atoms with Gasteiger partial charge < -0.3 is 5.32 Å². The molecule has 1 aliphatic carbocycles. The summed E-state index contributed by atoms with van der Waals surface area (Å²) >= 11 is 0. The smallest absolute Gasteiger partial charge is 0.241 e. The minimum atomic E-state index is -3.73. The van der Waals surface area contributed by atoms with Gasteiger partial charge in [-0.3, -0.25) is 0 Å². The van der Waals surface area contributed by atoms with Gasteiger partial charge in [-0.2, -0.15) is 0 Å². The molecular formula is C14H21FN2O2S. The van der Waals surface area contributed by atoms with Crippen molar-refractivity contribution in [3.05, 3.63) is 29.6 Å². The van der Waals surface area contributed by atoms with Crippen LogP contribution in [0.3, 0.4) is 0 Å². The first-order valence-electron chi connectivity index (χ1n) is 6.73. The number of sulfonamides is 1. The van der Waals surface area contributed by atoms with E-state index in [0.29, 0.717) is 18.2 Å². The molecule has 2 rings (SSSR count). The largest absolute Gasteiger partial charge is 0.310 e. The lowest BCUT2D eigenvalue weighted by Gasteiger charge is -2.21. The Kier molecular flexibility index (Phi) is 4.18. The highest BCUT2D eigenvalue weighted by atomic mass is 32.2. The molecule has 0 saturated heterocycles. The van der Waals surface area contributed by atoms with Crippen LogP contribution < -0.4 is 10.0 Å². The van der Waals surface area contributed by atoms with E-state index in [9.17, 15) is 12.8 Å². The molecular weight excluding hydrogens is 279 g/mol. The van der Waals surface area contributed by atoms with Crippen molar-refractivity contribution in [3.8, 4) is 0 Å². The molecule has 1 aromatic rings. The Morgan fingerprint density at radius 2 is 1.95 bits per heavy atom. The van der Waals surface area contributed by atoms with Crippen LogP contribution in [0.25, 0.3) is 0 Å². The summed E-state index contributed by atoms with van der Waals surface area (Å²) in [6, 6.07) is 4.37. The average molecular weight is 300 g/mol. The van der Waals surface area contributed by atoms with Crippen molar-refractivity contribution in [2.24, 2.45) is 0 Å². The zero-order chi connectivity index (χ0) is 15.0. The van der Waals surface area contributed by atoms with Crippen LogP contribution in [0.5, 0.6) is 0 Å². The third kappa shape index (κ3) is 4.26. The molecule has 0 aliphatic heterocycles. The molecule has 112 valence electrons. The minimum Gasteiger partial charge on any atom is -0.310 e. The maximum absolute atomic E-state index is 13.4. The third-order valence-corrected chi connectivity index (χ3v) is 4.76. The van der Waals surface area contributed by atoms with Gasteiger partial charge in [-0.25, -0.2) is 17.5 Å². The van der Waals surface area contributed by atoms with Gasteiger partial charge in [0.2, 0.25) is 10.0 Å². The van der Waals surface area contributed by atoms with E-state index in [-0.39, 0.29) is 4.90 Å². The third-order valence-electron chi connectivity index (χ3n) is 2.92. The lowest BCUT2D eigenvalue weighted by atomic mass is 10.1. The second-order valence-corrected chi connectivity index (χ2v) is 7.91. The number of hydrogen-bond acceptors (Lipinski definition) is 3. The molecule has 0 bridgehead atoms. The molecule has 20 heavy (non-hydrogen) atoms. The van der Waals surface area contributed by atoms with Crippen molar-refractivity contribution < 1.29 is 12.8 Å². The summed E-state index contributed by atoms with van der Waals surface area (Å²) < 4.78 is 40.7. The molecule has 0 unspecified atom stereocenters. The first kappa shape index (κ1) is 15.4. The van der Waals surface area contributed by atoms with Gasteiger partial charge in [-0.1, -0.05) is 6.07 Å². The van der Waals surface area contributed by atoms with Gasteiger partial charge in [0.25, 0.3) is 0 Å². The summed E-state index contributed by atoms with van der Waals surface area (Å²) in [5.74, 6) is -0.547. The van der Waals surface area contributed by atoms with Crippen LogP contribution in [-0.4, -0.2) is 20.0 Å². The van der Waals surface area contributed by atoms with E-state index in [2.05, 4.69) is 10.0 Å². The molecule has 0 aromatic heterocycles. The van der Waals surface area contributed by atoms with E-state index in [1.54, 1.807) is 20.8 Å². The van der Waals surface area contributed by atoms with Crippen LogP contribution in [0.2, 0.25) is 0 Å². The topological polar surface area (TPSA) is 58.2 Å². The molecule has 1 saturated carbocycles. The van der Waals surface area contributed by atoms with Gasteiger partial charge in [0.15, 0.2) is 0 Å². The standard InChI is InChI=1S/C14H21FN2O2S/c1-14(2,3)17-20(18,19)13-8-11(15)5-4-10(13)9-16-12-6-7-12/h4-5,8,12,16-17H,6-7,9H2,1-3H3. The van der Waals surface area contributed by atoms with Gasteiger partial charge in [0, 0.05) is 18.1 Å². The molecule has 4 nitrogen and oxygen atoms in total. The van der Waals surface area contributed by atoms with E-state index < -0.39 is 21.4 Å².